The Hall–Kier alpha value is -2.01. The van der Waals surface area contributed by atoms with Gasteiger partial charge in [-0.3, -0.25) is 4.79 Å². The van der Waals surface area contributed by atoms with Crippen LogP contribution < -0.4 is 0 Å². The molecule has 0 spiro atoms. The molecule has 0 aromatic rings. The molecule has 2 atom stereocenters. The number of carboxylic acid groups (broad SMARTS) is 1. The lowest BCUT2D eigenvalue weighted by Gasteiger charge is -2.07. The number of hydrogen-bond donors (Lipinski definition) is 5. The predicted molar refractivity (Wildman–Crippen MR) is 144 cm³/mol. The average Bonchev–Trinajstić information content (AvgIpc) is 2.91. The zero-order valence-electron chi connectivity index (χ0n) is 23.2. The summed E-state index contributed by atoms with van der Waals surface area (Å²) in [6.07, 6.45) is 19.4. The van der Waals surface area contributed by atoms with Crippen molar-refractivity contribution in [3.05, 3.63) is 12.2 Å². The van der Waals surface area contributed by atoms with Crippen molar-refractivity contribution in [3.63, 3.8) is 0 Å². The van der Waals surface area contributed by atoms with Crippen molar-refractivity contribution < 1.29 is 49.4 Å². The van der Waals surface area contributed by atoms with Crippen molar-refractivity contribution in [1.82, 2.24) is 0 Å². The fourth-order valence-corrected chi connectivity index (χ4v) is 3.34. The van der Waals surface area contributed by atoms with Gasteiger partial charge < -0.3 is 35.0 Å². The Bertz CT molecular complexity index is 566. The Morgan fingerprint density at radius 3 is 1.21 bits per heavy atom. The molecule has 0 amide bonds. The number of rotatable bonds is 24. The summed E-state index contributed by atoms with van der Waals surface area (Å²) in [7, 11) is 0. The van der Waals surface area contributed by atoms with Gasteiger partial charge in [0.1, 0.15) is 25.4 Å². The van der Waals surface area contributed by atoms with Crippen LogP contribution in [0, 0.1) is 0 Å². The molecular formula is C28H52O10. The van der Waals surface area contributed by atoms with E-state index >= 15 is 0 Å². The third-order valence-corrected chi connectivity index (χ3v) is 5.61. The number of aliphatic carboxylic acids is 1. The minimum Gasteiger partial charge on any atom is -0.481 e. The maximum atomic E-state index is 11.0. The monoisotopic (exact) mass is 548 g/mol. The second kappa shape index (κ2) is 29.5. The van der Waals surface area contributed by atoms with Crippen LogP contribution in [-0.2, 0) is 23.9 Å². The molecule has 0 aromatic carbocycles. The van der Waals surface area contributed by atoms with Crippen molar-refractivity contribution in [2.45, 2.75) is 122 Å². The van der Waals surface area contributed by atoms with Gasteiger partial charge in [0.2, 0.25) is 0 Å². The second-order valence-corrected chi connectivity index (χ2v) is 9.36. The SMILES string of the molecule is CCCCCCCCCCCCCCCCCC(=O)O.O=C(/C=C\C(=O)OCC(O)CO)OCC(O)CO. The van der Waals surface area contributed by atoms with Crippen LogP contribution in [0.3, 0.4) is 0 Å². The summed E-state index contributed by atoms with van der Waals surface area (Å²) in [4.78, 5) is 32.3. The molecule has 2 unspecified atom stereocenters. The van der Waals surface area contributed by atoms with E-state index in [4.69, 9.17) is 25.5 Å². The van der Waals surface area contributed by atoms with Gasteiger partial charge in [0.25, 0.3) is 0 Å². The van der Waals surface area contributed by atoms with E-state index in [1.807, 2.05) is 0 Å². The largest absolute Gasteiger partial charge is 0.481 e. The van der Waals surface area contributed by atoms with Gasteiger partial charge in [-0.15, -0.1) is 0 Å². The van der Waals surface area contributed by atoms with Crippen molar-refractivity contribution in [1.29, 1.82) is 0 Å². The van der Waals surface area contributed by atoms with Crippen molar-refractivity contribution in [2.24, 2.45) is 0 Å². The summed E-state index contributed by atoms with van der Waals surface area (Å²) in [5.41, 5.74) is 0. The molecule has 0 heterocycles. The molecule has 0 saturated carbocycles. The normalized spacial score (nSPS) is 12.4. The van der Waals surface area contributed by atoms with E-state index in [9.17, 15) is 14.4 Å². The van der Waals surface area contributed by atoms with E-state index in [1.54, 1.807) is 0 Å². The Kier molecular flexibility index (Phi) is 29.7. The highest BCUT2D eigenvalue weighted by Crippen LogP contribution is 2.13. The second-order valence-electron chi connectivity index (χ2n) is 9.36. The molecule has 0 aromatic heterocycles. The number of hydrogen-bond acceptors (Lipinski definition) is 9. The topological polar surface area (TPSA) is 171 Å². The third kappa shape index (κ3) is 32.0. The lowest BCUT2D eigenvalue weighted by molar-refractivity contribution is -0.144. The van der Waals surface area contributed by atoms with Crippen LogP contribution >= 0.6 is 0 Å². The maximum Gasteiger partial charge on any atom is 0.331 e. The number of aliphatic hydroxyl groups is 4. The number of esters is 2. The molecule has 0 aliphatic heterocycles. The maximum absolute atomic E-state index is 11.0. The summed E-state index contributed by atoms with van der Waals surface area (Å²) in [6, 6.07) is 0. The lowest BCUT2D eigenvalue weighted by atomic mass is 10.0. The summed E-state index contributed by atoms with van der Waals surface area (Å²) in [5, 5.41) is 43.1. The first kappa shape index (κ1) is 38.1. The summed E-state index contributed by atoms with van der Waals surface area (Å²) in [5.74, 6) is -2.43. The molecular weight excluding hydrogens is 496 g/mol. The minimum atomic E-state index is -1.17. The van der Waals surface area contributed by atoms with Gasteiger partial charge in [-0.25, -0.2) is 9.59 Å². The van der Waals surface area contributed by atoms with E-state index in [2.05, 4.69) is 16.4 Å². The van der Waals surface area contributed by atoms with Crippen LogP contribution in [0.5, 0.6) is 0 Å². The molecule has 38 heavy (non-hydrogen) atoms. The van der Waals surface area contributed by atoms with Gasteiger partial charge in [-0.05, 0) is 6.42 Å². The van der Waals surface area contributed by atoms with Crippen LogP contribution in [0.2, 0.25) is 0 Å². The van der Waals surface area contributed by atoms with E-state index in [1.165, 1.54) is 83.5 Å². The Balaban J connectivity index is 0. The molecule has 0 bridgehead atoms. The number of carboxylic acids is 1. The van der Waals surface area contributed by atoms with Gasteiger partial charge in [0, 0.05) is 18.6 Å². The Labute approximate surface area is 228 Å². The highest BCUT2D eigenvalue weighted by molar-refractivity contribution is 5.91. The zero-order chi connectivity index (χ0) is 28.9. The zero-order valence-corrected chi connectivity index (χ0v) is 23.2. The Morgan fingerprint density at radius 2 is 0.921 bits per heavy atom. The molecule has 0 fully saturated rings. The first-order chi connectivity index (χ1) is 18.3. The fraction of sp³-hybridized carbons (Fsp3) is 0.821. The molecule has 10 heteroatoms. The summed E-state index contributed by atoms with van der Waals surface area (Å²) < 4.78 is 8.92. The molecule has 0 saturated heterocycles. The van der Waals surface area contributed by atoms with Gasteiger partial charge in [-0.1, -0.05) is 96.8 Å². The van der Waals surface area contributed by atoms with Gasteiger partial charge in [-0.2, -0.15) is 0 Å². The number of aliphatic hydroxyl groups excluding tert-OH is 4. The molecule has 0 aliphatic rings. The molecule has 0 rings (SSSR count). The first-order valence-corrected chi connectivity index (χ1v) is 14.1. The first-order valence-electron chi connectivity index (χ1n) is 14.1. The molecule has 10 nitrogen and oxygen atoms in total. The third-order valence-electron chi connectivity index (χ3n) is 5.61. The van der Waals surface area contributed by atoms with E-state index in [0.29, 0.717) is 6.42 Å². The van der Waals surface area contributed by atoms with E-state index < -0.39 is 56.5 Å². The average molecular weight is 549 g/mol. The van der Waals surface area contributed by atoms with Crippen LogP contribution in [0.1, 0.15) is 110 Å². The molecule has 0 radical (unpaired) electrons. The number of unbranched alkanes of at least 4 members (excludes halogenated alkanes) is 14. The minimum absolute atomic E-state index is 0.345. The van der Waals surface area contributed by atoms with Gasteiger partial charge in [0.05, 0.1) is 13.2 Å². The fourth-order valence-electron chi connectivity index (χ4n) is 3.34. The molecule has 0 aliphatic carbocycles. The van der Waals surface area contributed by atoms with Crippen LogP contribution in [0.4, 0.5) is 0 Å². The van der Waals surface area contributed by atoms with Gasteiger partial charge >= 0.3 is 17.9 Å². The smallest absolute Gasteiger partial charge is 0.331 e. The highest BCUT2D eigenvalue weighted by Gasteiger charge is 2.07. The quantitative estimate of drug-likeness (QED) is 0.0681. The molecule has 5 N–H and O–H groups in total. The predicted octanol–water partition coefficient (Wildman–Crippen LogP) is 3.67. The summed E-state index contributed by atoms with van der Waals surface area (Å²) in [6.45, 7) is 0.401. The number of carbonyl (C=O) groups excluding carboxylic acids is 2. The van der Waals surface area contributed by atoms with E-state index in [-0.39, 0.29) is 0 Å². The van der Waals surface area contributed by atoms with Gasteiger partial charge in [0.15, 0.2) is 0 Å². The number of carbonyl (C=O) groups is 3. The lowest BCUT2D eigenvalue weighted by Crippen LogP contribution is -2.22. The van der Waals surface area contributed by atoms with Crippen molar-refractivity contribution >= 4 is 17.9 Å². The van der Waals surface area contributed by atoms with Crippen molar-refractivity contribution in [3.8, 4) is 0 Å². The van der Waals surface area contributed by atoms with E-state index in [0.717, 1.165) is 25.0 Å². The standard InChI is InChI=1S/C18H36O2.C10H16O8/c1-2-3-4-5-6-7-8-9-10-11-12-13-14-15-16-17-18(19)20;11-3-7(13)5-17-9(15)1-2-10(16)18-6-8(14)4-12/h2-17H2,1H3,(H,19,20);1-2,7-8,11-14H,3-6H2/b;2-1-. The van der Waals surface area contributed by atoms with Crippen molar-refractivity contribution in [2.75, 3.05) is 26.4 Å². The number of ether oxygens (including phenoxy) is 2. The van der Waals surface area contributed by atoms with Crippen LogP contribution in [0.25, 0.3) is 0 Å². The Morgan fingerprint density at radius 1 is 0.605 bits per heavy atom. The van der Waals surface area contributed by atoms with Crippen LogP contribution in [-0.4, -0.2) is 82.1 Å². The molecule has 224 valence electrons. The summed E-state index contributed by atoms with van der Waals surface area (Å²) >= 11 is 0. The highest BCUT2D eigenvalue weighted by atomic mass is 16.5. The van der Waals surface area contributed by atoms with Crippen LogP contribution in [0.15, 0.2) is 12.2 Å².